The smallest absolute Gasteiger partial charge is 0.256 e. The molecule has 0 saturated heterocycles. The largest absolute Gasteiger partial charge is 0.583 e. The molecule has 4 aromatic carbocycles. The first kappa shape index (κ1) is 24.2. The first-order valence-corrected chi connectivity index (χ1v) is 16.6. The van der Waals surface area contributed by atoms with Crippen molar-refractivity contribution in [2.24, 2.45) is 10.2 Å². The van der Waals surface area contributed by atoms with Crippen molar-refractivity contribution in [2.45, 2.75) is 39.4 Å². The molecule has 0 aliphatic carbocycles. The van der Waals surface area contributed by atoms with Gasteiger partial charge in [-0.3, -0.25) is 4.57 Å². The fraction of sp³-hybridized carbons (Fsp3) is 0.226. The SMILES string of the molecule is Cc1ccc2c(c1)N=[N+](c1ccccc1)[C@]1(N2C)N([Si](C)(C)C)c2ccc(C)cc2N=[N+]1c1ccccc1. The molecule has 1 atom stereocenters. The van der Waals surface area contributed by atoms with Crippen molar-refractivity contribution < 1.29 is 9.39 Å². The van der Waals surface area contributed by atoms with Crippen LogP contribution in [0.25, 0.3) is 0 Å². The Kier molecular flexibility index (Phi) is 5.57. The summed E-state index contributed by atoms with van der Waals surface area (Å²) in [6.45, 7) is 11.4. The molecule has 0 radical (unpaired) electrons. The number of benzene rings is 4. The van der Waals surface area contributed by atoms with Gasteiger partial charge in [0, 0.05) is 50.9 Å². The Labute approximate surface area is 225 Å². The zero-order chi connectivity index (χ0) is 26.7. The predicted molar refractivity (Wildman–Crippen MR) is 156 cm³/mol. The van der Waals surface area contributed by atoms with Gasteiger partial charge in [-0.15, -0.1) is 0 Å². The molecule has 0 bridgehead atoms. The minimum atomic E-state index is -2.12. The topological polar surface area (TPSA) is 37.2 Å². The first-order chi connectivity index (χ1) is 18.2. The molecule has 1 spiro atoms. The van der Waals surface area contributed by atoms with Crippen LogP contribution < -0.4 is 9.47 Å². The fourth-order valence-electron chi connectivity index (χ4n) is 5.70. The van der Waals surface area contributed by atoms with Crippen molar-refractivity contribution in [3.63, 3.8) is 0 Å². The van der Waals surface area contributed by atoms with Gasteiger partial charge in [0.25, 0.3) is 0 Å². The van der Waals surface area contributed by atoms with Gasteiger partial charge in [-0.05, 0) is 49.2 Å². The van der Waals surface area contributed by atoms with Crippen molar-refractivity contribution >= 4 is 42.4 Å². The zero-order valence-corrected chi connectivity index (χ0v) is 23.9. The van der Waals surface area contributed by atoms with Crippen molar-refractivity contribution in [3.8, 4) is 0 Å². The molecular weight excluding hydrogens is 484 g/mol. The molecule has 0 N–H and O–H groups in total. The second kappa shape index (κ2) is 8.74. The van der Waals surface area contributed by atoms with E-state index in [2.05, 4.69) is 156 Å². The lowest BCUT2D eigenvalue weighted by Crippen LogP contribution is -2.77. The number of azo groups is 4. The molecule has 0 saturated carbocycles. The number of aryl methyl sites for hydroxylation is 2. The molecule has 2 aliphatic heterocycles. The summed E-state index contributed by atoms with van der Waals surface area (Å²) in [4.78, 5) is 2.36. The lowest BCUT2D eigenvalue weighted by molar-refractivity contribution is -0.813. The third kappa shape index (κ3) is 3.61. The van der Waals surface area contributed by atoms with E-state index in [1.54, 1.807) is 0 Å². The van der Waals surface area contributed by atoms with Crippen molar-refractivity contribution in [3.05, 3.63) is 108 Å². The maximum atomic E-state index is 5.40. The molecule has 0 unspecified atom stereocenters. The Morgan fingerprint density at radius 1 is 0.632 bits per heavy atom. The van der Waals surface area contributed by atoms with E-state index in [1.165, 1.54) is 11.1 Å². The number of fused-ring (bicyclic) bond motifs is 2. The highest BCUT2D eigenvalue weighted by Crippen LogP contribution is 2.52. The minimum absolute atomic E-state index is 0.905. The Morgan fingerprint density at radius 2 is 1.08 bits per heavy atom. The van der Waals surface area contributed by atoms with Crippen molar-refractivity contribution in [2.75, 3.05) is 16.5 Å². The normalized spacial score (nSPS) is 18.6. The van der Waals surface area contributed by atoms with E-state index in [1.807, 2.05) is 0 Å². The molecule has 0 aromatic heterocycles. The number of nitrogens with zero attached hydrogens (tertiary/aromatic N) is 6. The highest BCUT2D eigenvalue weighted by Gasteiger charge is 2.73. The third-order valence-corrected chi connectivity index (χ3v) is 9.15. The monoisotopic (exact) mass is 518 g/mol. The summed E-state index contributed by atoms with van der Waals surface area (Å²) in [6.07, 6.45) is 0. The van der Waals surface area contributed by atoms with E-state index in [9.17, 15) is 0 Å². The third-order valence-electron chi connectivity index (χ3n) is 7.27. The number of hydrogen-bond acceptors (Lipinski definition) is 4. The van der Waals surface area contributed by atoms with Gasteiger partial charge in [0.2, 0.25) is 11.4 Å². The Hall–Kier alpha value is -4.10. The van der Waals surface area contributed by atoms with Crippen LogP contribution in [0.2, 0.25) is 19.6 Å². The summed E-state index contributed by atoms with van der Waals surface area (Å²) in [5.41, 5.74) is 8.48. The van der Waals surface area contributed by atoms with Crippen LogP contribution in [0.1, 0.15) is 11.1 Å². The van der Waals surface area contributed by atoms with Crippen LogP contribution in [0.15, 0.2) is 107 Å². The summed E-state index contributed by atoms with van der Waals surface area (Å²) in [6, 6.07) is 34.1. The molecule has 4 aromatic rings. The molecule has 2 heterocycles. The van der Waals surface area contributed by atoms with Crippen molar-refractivity contribution in [1.82, 2.24) is 0 Å². The second-order valence-corrected chi connectivity index (χ2v) is 15.9. The molecule has 7 heteroatoms. The first-order valence-electron chi connectivity index (χ1n) is 13.1. The summed E-state index contributed by atoms with van der Waals surface area (Å²) < 4.78 is 6.95. The number of hydrogen-bond donors (Lipinski definition) is 0. The summed E-state index contributed by atoms with van der Waals surface area (Å²) in [7, 11) is 0.0574. The van der Waals surface area contributed by atoms with Crippen LogP contribution in [0.5, 0.6) is 0 Å². The van der Waals surface area contributed by atoms with Crippen LogP contribution in [-0.4, -0.2) is 30.6 Å². The fourth-order valence-corrected chi connectivity index (χ4v) is 7.85. The highest BCUT2D eigenvalue weighted by atomic mass is 28.3. The Morgan fingerprint density at radius 3 is 1.55 bits per heavy atom. The maximum Gasteiger partial charge on any atom is 0.583 e. The molecule has 6 nitrogen and oxygen atoms in total. The Balaban J connectivity index is 1.80. The minimum Gasteiger partial charge on any atom is -0.256 e. The second-order valence-electron chi connectivity index (χ2n) is 11.1. The number of para-hydroxylation sites is 2. The van der Waals surface area contributed by atoms with Crippen LogP contribution >= 0.6 is 0 Å². The van der Waals surface area contributed by atoms with E-state index < -0.39 is 14.1 Å². The quantitative estimate of drug-likeness (QED) is 0.201. The van der Waals surface area contributed by atoms with Gasteiger partial charge >= 0.3 is 5.91 Å². The summed E-state index contributed by atoms with van der Waals surface area (Å²) in [5, 5.41) is 10.8. The van der Waals surface area contributed by atoms with E-state index in [4.69, 9.17) is 10.2 Å². The van der Waals surface area contributed by atoms with Gasteiger partial charge < -0.3 is 0 Å². The lowest BCUT2D eigenvalue weighted by Gasteiger charge is -2.47. The average Bonchev–Trinajstić information content (AvgIpc) is 2.90. The van der Waals surface area contributed by atoms with Crippen LogP contribution in [-0.2, 0) is 0 Å². The van der Waals surface area contributed by atoms with Gasteiger partial charge in [-0.25, -0.2) is 4.90 Å². The predicted octanol–water partition coefficient (Wildman–Crippen LogP) is 8.58. The summed E-state index contributed by atoms with van der Waals surface area (Å²) >= 11 is 0. The Bertz CT molecular complexity index is 1540. The number of rotatable bonds is 3. The van der Waals surface area contributed by atoms with Crippen LogP contribution in [0.3, 0.4) is 0 Å². The highest BCUT2D eigenvalue weighted by molar-refractivity contribution is 6.80. The average molecular weight is 519 g/mol. The maximum absolute atomic E-state index is 5.40. The molecule has 0 fully saturated rings. The zero-order valence-electron chi connectivity index (χ0n) is 22.9. The number of anilines is 2. The van der Waals surface area contributed by atoms with Gasteiger partial charge in [0.05, 0.1) is 11.4 Å². The van der Waals surface area contributed by atoms with Gasteiger partial charge in [-0.2, -0.15) is 0 Å². The summed E-state index contributed by atoms with van der Waals surface area (Å²) in [5.74, 6) is -0.905. The van der Waals surface area contributed by atoms with Crippen LogP contribution in [0.4, 0.5) is 34.1 Å². The van der Waals surface area contributed by atoms with E-state index >= 15 is 0 Å². The molecule has 38 heavy (non-hydrogen) atoms. The van der Waals surface area contributed by atoms with Crippen LogP contribution in [0, 0.1) is 13.8 Å². The lowest BCUT2D eigenvalue weighted by atomic mass is 10.1. The molecule has 0 amide bonds. The van der Waals surface area contributed by atoms with Gasteiger partial charge in [0.15, 0.2) is 19.6 Å². The van der Waals surface area contributed by atoms with E-state index in [0.717, 1.165) is 34.1 Å². The van der Waals surface area contributed by atoms with E-state index in [-0.39, 0.29) is 0 Å². The molecule has 6 rings (SSSR count). The van der Waals surface area contributed by atoms with Crippen molar-refractivity contribution in [1.29, 1.82) is 0 Å². The van der Waals surface area contributed by atoms with Gasteiger partial charge in [0.1, 0.15) is 0 Å². The molecular formula is C31H34N6Si+2. The molecule has 190 valence electrons. The standard InChI is InChI=1S/C31H34N6Si/c1-23-17-19-29-27(21-23)32-35(25-13-9-7-10-14-25)31(34(29)3)36(26-15-11-8-12-16-26)33-28-22-24(2)18-20-30(28)37(31)38(4,5)6/h7-22H,1-6H3/q+2/t31-/m0/s1. The van der Waals surface area contributed by atoms with E-state index in [0.29, 0.717) is 0 Å². The van der Waals surface area contributed by atoms with Gasteiger partial charge in [-0.1, -0.05) is 68.2 Å². The molecule has 2 aliphatic rings.